The predicted octanol–water partition coefficient (Wildman–Crippen LogP) is 17.1. The molecular weight excluding hydrogens is 1760 g/mol. The number of carbonyl (C=O) groups excluding carboxylic acids is 15. The Hall–Kier alpha value is -13.1. The van der Waals surface area contributed by atoms with E-state index in [0.29, 0.717) is 68.3 Å². The molecule has 0 aliphatic carbocycles. The van der Waals surface area contributed by atoms with Crippen molar-refractivity contribution in [1.29, 1.82) is 0 Å². The Morgan fingerprint density at radius 3 is 1.20 bits per heavy atom. The number of imide groups is 3. The number of rotatable bonds is 34. The molecular formula is C100H123Cl2N11O21. The maximum absolute atomic E-state index is 14.0. The summed E-state index contributed by atoms with van der Waals surface area (Å²) in [5.74, 6) is -6.30. The Balaban J connectivity index is 0.000000248. The first-order valence-corrected chi connectivity index (χ1v) is 44.9. The quantitative estimate of drug-likeness (QED) is 0.0145. The van der Waals surface area contributed by atoms with Gasteiger partial charge in [-0.1, -0.05) is 196 Å². The molecule has 7 unspecified atom stereocenters. The summed E-state index contributed by atoms with van der Waals surface area (Å²) in [6, 6.07) is 32.6. The van der Waals surface area contributed by atoms with Crippen LogP contribution in [0.2, 0.25) is 10.0 Å². The van der Waals surface area contributed by atoms with E-state index in [0.717, 1.165) is 51.8 Å². The summed E-state index contributed by atoms with van der Waals surface area (Å²) in [6.45, 7) is 39.2. The van der Waals surface area contributed by atoms with Crippen molar-refractivity contribution >= 4 is 146 Å². The predicted molar refractivity (Wildman–Crippen MR) is 510 cm³/mol. The van der Waals surface area contributed by atoms with E-state index in [1.165, 1.54) is 76.1 Å². The number of anilines is 6. The van der Waals surface area contributed by atoms with Gasteiger partial charge in [-0.2, -0.15) is 0 Å². The minimum atomic E-state index is -1.84. The molecule has 3 fully saturated rings. The standard InChI is InChI=1S/C37H43ClN4O7.C32H41ClN4O6.C31H39N3O8/c1-8-28(49-29-18-15-22(3)19-23(29)4)32(44)39-25-16-17-26(38)27(20-25)40-33(45)30(31(43)37(5,6)7)42-34(46)35(48-9-2)41(36(42)47)21-24-13-11-10-12-14-24;1-9-10-11-24(43-23-15-12-18(2)16-19(23)3)27(39)34-20-13-14-21(33)22(17-20)35-28(40)25(26(38)31(4,5)6)37-29(41)32(7,8)36-30(37)42;1-10-21(41-22-13-11-17(2)15-18(22)3)26(36)32-19-12-14-23(40-9)20(16-19)33-27(37)24(25(35)30(4,5)6)34-28(38)31(7,8)42-29(34)39/h10-20,28,30,35H,8-9,21H2,1-7H3,(H,39,44)(H,40,45);12-17,24-25H,9-11H2,1-8H3,(H,34,39)(H,35,40)(H,36,42);11-16,21,24H,10H2,1-9H3,(H,32,36)(H,33,37). The van der Waals surface area contributed by atoms with Crippen molar-refractivity contribution in [2.45, 2.75) is 252 Å². The summed E-state index contributed by atoms with van der Waals surface area (Å²) in [4.78, 5) is 204. The van der Waals surface area contributed by atoms with E-state index in [2.05, 4.69) is 37.2 Å². The number of carbonyl (C=O) groups is 15. The van der Waals surface area contributed by atoms with Crippen LogP contribution in [-0.4, -0.2) is 176 Å². The number of cyclic esters (lactones) is 1. The molecule has 0 aromatic heterocycles. The Bertz CT molecular complexity index is 5640. The summed E-state index contributed by atoms with van der Waals surface area (Å²) < 4.78 is 34.3. The molecule has 32 nitrogen and oxygen atoms in total. The van der Waals surface area contributed by atoms with Crippen molar-refractivity contribution in [3.05, 3.63) is 189 Å². The second-order valence-corrected chi connectivity index (χ2v) is 37.9. The van der Waals surface area contributed by atoms with Crippen LogP contribution in [0.4, 0.5) is 48.5 Å². The van der Waals surface area contributed by atoms with Crippen LogP contribution in [0.1, 0.15) is 189 Å². The number of nitrogens with one attached hydrogen (secondary N) is 7. The van der Waals surface area contributed by atoms with E-state index in [9.17, 15) is 71.9 Å². The Labute approximate surface area is 792 Å². The SMILES string of the molecule is CCC(Oc1ccc(C)cc1C)C(=O)Nc1ccc(OC)c(NC(=O)C(C(=O)C(C)(C)C)N2C(=O)OC(C)(C)C2=O)c1.CCCCC(Oc1ccc(C)cc1C)C(=O)Nc1ccc(Cl)c(NC(=O)C(C(=O)C(C)(C)C)N2C(=O)NC(C)(C)C2=O)c1.CCOC1C(=O)N(C(C(=O)Nc2cc(NC(=O)C(CC)Oc3ccc(C)cc3C)ccc2Cl)C(=O)C(C)(C)C)C(=O)N1Cc1ccccc1. The highest BCUT2D eigenvalue weighted by atomic mass is 35.5. The highest BCUT2D eigenvalue weighted by Gasteiger charge is 2.58. The molecule has 3 heterocycles. The van der Waals surface area contributed by atoms with E-state index < -0.39 is 153 Å². The van der Waals surface area contributed by atoms with Gasteiger partial charge in [0.15, 0.2) is 59.4 Å². The maximum Gasteiger partial charge on any atom is 0.418 e. The molecule has 0 saturated carbocycles. The van der Waals surface area contributed by atoms with Gasteiger partial charge in [0.25, 0.3) is 53.2 Å². The van der Waals surface area contributed by atoms with Crippen LogP contribution in [0.15, 0.2) is 140 Å². The molecule has 7 N–H and O–H groups in total. The Morgan fingerprint density at radius 2 is 0.836 bits per heavy atom. The van der Waals surface area contributed by atoms with Crippen molar-refractivity contribution in [1.82, 2.24) is 24.9 Å². The molecule has 14 amide bonds. The second kappa shape index (κ2) is 44.6. The summed E-state index contributed by atoms with van der Waals surface area (Å²) in [6.07, 6.45) is -1.89. The van der Waals surface area contributed by atoms with Gasteiger partial charge in [0.2, 0.25) is 6.23 Å². The molecule has 3 aliphatic rings. The number of methoxy groups -OCH3 is 1. The summed E-state index contributed by atoms with van der Waals surface area (Å²) in [5, 5.41) is 19.0. The molecule has 0 bridgehead atoms. The van der Waals surface area contributed by atoms with Crippen LogP contribution < -0.4 is 56.2 Å². The molecule has 3 saturated heterocycles. The number of aryl methyl sites for hydroxylation is 6. The molecule has 134 heavy (non-hydrogen) atoms. The third-order valence-corrected chi connectivity index (χ3v) is 22.5. The monoisotopic (exact) mass is 1880 g/mol. The number of unbranched alkanes of at least 4 members (excludes halogenated alkanes) is 1. The van der Waals surface area contributed by atoms with Gasteiger partial charge in [0.05, 0.1) is 40.8 Å². The smallest absolute Gasteiger partial charge is 0.418 e. The van der Waals surface area contributed by atoms with Crippen molar-refractivity contribution in [2.75, 3.05) is 45.6 Å². The first-order valence-electron chi connectivity index (χ1n) is 44.1. The number of halogens is 2. The highest BCUT2D eigenvalue weighted by molar-refractivity contribution is 6.35. The number of Topliss-reactive ketones (excluding diaryl/α,β-unsaturated/α-hetero) is 3. The summed E-state index contributed by atoms with van der Waals surface area (Å²) in [7, 11) is 1.38. The van der Waals surface area contributed by atoms with E-state index in [4.69, 9.17) is 51.6 Å². The fraction of sp³-hybridized carbons (Fsp3) is 0.430. The lowest BCUT2D eigenvalue weighted by atomic mass is 9.85. The largest absolute Gasteiger partial charge is 0.495 e. The third kappa shape index (κ3) is 26.5. The number of ketones is 3. The van der Waals surface area contributed by atoms with Gasteiger partial charge >= 0.3 is 18.2 Å². The number of urea groups is 2. The highest BCUT2D eigenvalue weighted by Crippen LogP contribution is 2.38. The van der Waals surface area contributed by atoms with Gasteiger partial charge in [0.1, 0.15) is 28.5 Å². The van der Waals surface area contributed by atoms with Crippen molar-refractivity contribution in [3.63, 3.8) is 0 Å². The van der Waals surface area contributed by atoms with Gasteiger partial charge in [-0.15, -0.1) is 0 Å². The lowest BCUT2D eigenvalue weighted by molar-refractivity contribution is -0.149. The number of ether oxygens (including phenoxy) is 6. The fourth-order valence-electron chi connectivity index (χ4n) is 14.4. The zero-order valence-electron chi connectivity index (χ0n) is 80.4. The van der Waals surface area contributed by atoms with Crippen LogP contribution in [0.5, 0.6) is 23.0 Å². The molecule has 7 aromatic rings. The van der Waals surface area contributed by atoms with Crippen molar-refractivity contribution in [2.24, 2.45) is 16.2 Å². The second-order valence-electron chi connectivity index (χ2n) is 37.1. The number of hydrogen-bond acceptors (Lipinski definition) is 21. The average Bonchev–Trinajstić information content (AvgIpc) is 1.62. The van der Waals surface area contributed by atoms with Crippen LogP contribution >= 0.6 is 23.2 Å². The summed E-state index contributed by atoms with van der Waals surface area (Å²) in [5.41, 5.74) is 1.77. The molecule has 3 aliphatic heterocycles. The van der Waals surface area contributed by atoms with Crippen molar-refractivity contribution < 1.29 is 100 Å². The number of hydrogen-bond donors (Lipinski definition) is 7. The van der Waals surface area contributed by atoms with E-state index >= 15 is 0 Å². The minimum absolute atomic E-state index is 0.0180. The molecule has 10 rings (SSSR count). The van der Waals surface area contributed by atoms with Gasteiger partial charge in [-0.05, 0) is 197 Å². The zero-order chi connectivity index (χ0) is 99.9. The first kappa shape index (κ1) is 106. The van der Waals surface area contributed by atoms with Crippen LogP contribution in [0.3, 0.4) is 0 Å². The normalized spacial score (nSPS) is 15.9. The molecule has 0 radical (unpaired) electrons. The molecule has 0 spiro atoms. The van der Waals surface area contributed by atoms with Gasteiger partial charge < -0.3 is 65.6 Å². The molecule has 34 heteroatoms. The van der Waals surface area contributed by atoms with Gasteiger partial charge in [0, 0.05) is 39.9 Å². The first-order chi connectivity index (χ1) is 62.6. The topological polar surface area (TPSA) is 409 Å². The average molecular weight is 1890 g/mol. The Morgan fingerprint density at radius 1 is 0.455 bits per heavy atom. The zero-order valence-corrected chi connectivity index (χ0v) is 81.9. The van der Waals surface area contributed by atoms with Crippen LogP contribution in [0.25, 0.3) is 0 Å². The van der Waals surface area contributed by atoms with E-state index in [1.54, 1.807) is 112 Å². The Kier molecular flexibility index (Phi) is 35.4. The number of benzene rings is 7. The summed E-state index contributed by atoms with van der Waals surface area (Å²) >= 11 is 12.8. The third-order valence-electron chi connectivity index (χ3n) is 21.8. The van der Waals surface area contributed by atoms with E-state index in [1.807, 2.05) is 123 Å². The number of amides is 14. The van der Waals surface area contributed by atoms with Gasteiger partial charge in [-0.3, -0.25) is 62.4 Å². The lowest BCUT2D eigenvalue weighted by Crippen LogP contribution is -2.55. The van der Waals surface area contributed by atoms with Crippen LogP contribution in [-0.2, 0) is 73.6 Å². The minimum Gasteiger partial charge on any atom is -0.495 e. The van der Waals surface area contributed by atoms with Crippen molar-refractivity contribution in [3.8, 4) is 23.0 Å². The van der Waals surface area contributed by atoms with Gasteiger partial charge in [-0.25, -0.2) is 29.1 Å². The fourth-order valence-corrected chi connectivity index (χ4v) is 14.7. The van der Waals surface area contributed by atoms with Crippen LogP contribution in [0, 0.1) is 57.8 Å². The maximum atomic E-state index is 14.0. The number of nitrogens with zero attached hydrogens (tertiary/aromatic N) is 4. The molecule has 718 valence electrons. The molecule has 7 aromatic carbocycles. The molecule has 7 atom stereocenters. The lowest BCUT2D eigenvalue weighted by Gasteiger charge is -2.29. The van der Waals surface area contributed by atoms with E-state index in [-0.39, 0.29) is 51.9 Å².